The Hall–Kier alpha value is -1.20. The van der Waals surface area contributed by atoms with Gasteiger partial charge < -0.3 is 0 Å². The van der Waals surface area contributed by atoms with E-state index in [4.69, 9.17) is 0 Å². The molecule has 1 aromatic carbocycles. The number of nitrogens with zero attached hydrogens (tertiary/aromatic N) is 1. The lowest BCUT2D eigenvalue weighted by Gasteiger charge is -2.24. The standard InChI is InChI=1S/C15H21NO3S/c1-13(17)14-8-7-9-15(12-14)20(18,19)16-10-5-3-2-4-6-11-16/h7-9,12H,2-6,10-11H2,1H3. The van der Waals surface area contributed by atoms with Crippen LogP contribution in [0.4, 0.5) is 0 Å². The number of ketones is 1. The van der Waals surface area contributed by atoms with Gasteiger partial charge in [-0.15, -0.1) is 0 Å². The van der Waals surface area contributed by atoms with Gasteiger partial charge >= 0.3 is 0 Å². The first-order valence-electron chi connectivity index (χ1n) is 7.13. The molecule has 5 heteroatoms. The summed E-state index contributed by atoms with van der Waals surface area (Å²) in [5, 5.41) is 0. The van der Waals surface area contributed by atoms with Gasteiger partial charge in [0.05, 0.1) is 4.90 Å². The lowest BCUT2D eigenvalue weighted by Crippen LogP contribution is -2.33. The van der Waals surface area contributed by atoms with E-state index in [1.807, 2.05) is 0 Å². The molecule has 0 aromatic heterocycles. The van der Waals surface area contributed by atoms with Crippen LogP contribution in [0.3, 0.4) is 0 Å². The molecule has 2 rings (SSSR count). The molecular formula is C15H21NO3S. The minimum absolute atomic E-state index is 0.116. The van der Waals surface area contributed by atoms with Crippen molar-refractivity contribution < 1.29 is 13.2 Å². The molecule has 1 fully saturated rings. The first-order valence-corrected chi connectivity index (χ1v) is 8.57. The van der Waals surface area contributed by atoms with Crippen LogP contribution in [-0.4, -0.2) is 31.6 Å². The number of benzene rings is 1. The Morgan fingerprint density at radius 3 is 2.25 bits per heavy atom. The molecule has 4 nitrogen and oxygen atoms in total. The first-order chi connectivity index (χ1) is 9.51. The summed E-state index contributed by atoms with van der Waals surface area (Å²) in [6.07, 6.45) is 5.17. The Labute approximate surface area is 120 Å². The van der Waals surface area contributed by atoms with Crippen LogP contribution in [-0.2, 0) is 10.0 Å². The average Bonchev–Trinajstić information content (AvgIpc) is 2.38. The number of sulfonamides is 1. The third-order valence-electron chi connectivity index (χ3n) is 3.69. The van der Waals surface area contributed by atoms with E-state index in [-0.39, 0.29) is 10.7 Å². The maximum atomic E-state index is 12.6. The smallest absolute Gasteiger partial charge is 0.243 e. The predicted molar refractivity (Wildman–Crippen MR) is 78.3 cm³/mol. The fourth-order valence-electron chi connectivity index (χ4n) is 2.48. The SMILES string of the molecule is CC(=O)c1cccc(S(=O)(=O)N2CCCCCCC2)c1. The largest absolute Gasteiger partial charge is 0.295 e. The van der Waals surface area contributed by atoms with Crippen molar-refractivity contribution in [3.8, 4) is 0 Å². The molecule has 0 N–H and O–H groups in total. The maximum absolute atomic E-state index is 12.6. The molecule has 1 saturated heterocycles. The van der Waals surface area contributed by atoms with Crippen LogP contribution >= 0.6 is 0 Å². The molecule has 0 aliphatic carbocycles. The Morgan fingerprint density at radius 2 is 1.65 bits per heavy atom. The number of hydrogen-bond acceptors (Lipinski definition) is 3. The van der Waals surface area contributed by atoms with Crippen molar-refractivity contribution in [1.29, 1.82) is 0 Å². The average molecular weight is 295 g/mol. The van der Waals surface area contributed by atoms with E-state index in [1.165, 1.54) is 19.4 Å². The second-order valence-corrected chi connectivity index (χ2v) is 7.19. The van der Waals surface area contributed by atoms with Crippen molar-refractivity contribution in [3.05, 3.63) is 29.8 Å². The number of rotatable bonds is 3. The van der Waals surface area contributed by atoms with E-state index in [1.54, 1.807) is 22.5 Å². The summed E-state index contributed by atoms with van der Waals surface area (Å²) in [5.74, 6) is -0.116. The molecule has 0 unspecified atom stereocenters. The van der Waals surface area contributed by atoms with Gasteiger partial charge in [0.25, 0.3) is 0 Å². The molecule has 0 radical (unpaired) electrons. The topological polar surface area (TPSA) is 54.5 Å². The Balaban J connectivity index is 2.28. The monoisotopic (exact) mass is 295 g/mol. The van der Waals surface area contributed by atoms with Gasteiger partial charge in [0.15, 0.2) is 5.78 Å². The highest BCUT2D eigenvalue weighted by Crippen LogP contribution is 2.21. The van der Waals surface area contributed by atoms with Gasteiger partial charge in [0.2, 0.25) is 10.0 Å². The highest BCUT2D eigenvalue weighted by Gasteiger charge is 2.24. The van der Waals surface area contributed by atoms with E-state index >= 15 is 0 Å². The van der Waals surface area contributed by atoms with Gasteiger partial charge in [-0.1, -0.05) is 31.4 Å². The van der Waals surface area contributed by atoms with Gasteiger partial charge in [-0.05, 0) is 31.9 Å². The minimum Gasteiger partial charge on any atom is -0.295 e. The molecule has 0 spiro atoms. The summed E-state index contributed by atoms with van der Waals surface area (Å²) in [6.45, 7) is 2.60. The van der Waals surface area contributed by atoms with Crippen molar-refractivity contribution in [3.63, 3.8) is 0 Å². The van der Waals surface area contributed by atoms with Gasteiger partial charge in [0.1, 0.15) is 0 Å². The van der Waals surface area contributed by atoms with E-state index in [2.05, 4.69) is 0 Å². The quantitative estimate of drug-likeness (QED) is 0.806. The summed E-state index contributed by atoms with van der Waals surface area (Å²) < 4.78 is 26.8. The molecule has 1 heterocycles. The summed E-state index contributed by atoms with van der Waals surface area (Å²) in [7, 11) is -3.48. The zero-order valence-corrected chi connectivity index (χ0v) is 12.7. The molecule has 0 atom stereocenters. The predicted octanol–water partition coefficient (Wildman–Crippen LogP) is 2.84. The van der Waals surface area contributed by atoms with E-state index < -0.39 is 10.0 Å². The number of carbonyl (C=O) groups excluding carboxylic acids is 1. The van der Waals surface area contributed by atoms with Crippen LogP contribution < -0.4 is 0 Å². The van der Waals surface area contributed by atoms with Crippen LogP contribution in [0, 0.1) is 0 Å². The lowest BCUT2D eigenvalue weighted by molar-refractivity contribution is 0.101. The summed E-state index contributed by atoms with van der Waals surface area (Å²) in [4.78, 5) is 11.6. The summed E-state index contributed by atoms with van der Waals surface area (Å²) in [5.41, 5.74) is 0.443. The van der Waals surface area contributed by atoms with Crippen molar-refractivity contribution in [2.45, 2.75) is 43.9 Å². The van der Waals surface area contributed by atoms with Gasteiger partial charge in [-0.25, -0.2) is 8.42 Å². The van der Waals surface area contributed by atoms with Gasteiger partial charge in [-0.2, -0.15) is 4.31 Å². The molecule has 0 saturated carbocycles. The van der Waals surface area contributed by atoms with Crippen LogP contribution in [0.15, 0.2) is 29.2 Å². The van der Waals surface area contributed by atoms with Crippen LogP contribution in [0.5, 0.6) is 0 Å². The van der Waals surface area contributed by atoms with Gasteiger partial charge in [0, 0.05) is 18.7 Å². The molecule has 1 aliphatic rings. The van der Waals surface area contributed by atoms with Gasteiger partial charge in [-0.3, -0.25) is 4.79 Å². The highest BCUT2D eigenvalue weighted by molar-refractivity contribution is 7.89. The van der Waals surface area contributed by atoms with Crippen molar-refractivity contribution in [2.75, 3.05) is 13.1 Å². The second-order valence-electron chi connectivity index (χ2n) is 5.26. The molecule has 110 valence electrons. The Bertz CT molecular complexity index is 573. The van der Waals surface area contributed by atoms with Crippen LogP contribution in [0.2, 0.25) is 0 Å². The third-order valence-corrected chi connectivity index (χ3v) is 5.59. The molecule has 20 heavy (non-hydrogen) atoms. The van der Waals surface area contributed by atoms with Crippen molar-refractivity contribution >= 4 is 15.8 Å². The molecule has 1 aliphatic heterocycles. The lowest BCUT2D eigenvalue weighted by atomic mass is 10.1. The fraction of sp³-hybridized carbons (Fsp3) is 0.533. The van der Waals surface area contributed by atoms with E-state index in [0.29, 0.717) is 18.7 Å². The number of hydrogen-bond donors (Lipinski definition) is 0. The number of carbonyl (C=O) groups is 1. The fourth-order valence-corrected chi connectivity index (χ4v) is 4.05. The third kappa shape index (κ3) is 3.46. The highest BCUT2D eigenvalue weighted by atomic mass is 32.2. The Kier molecular flexibility index (Phi) is 4.94. The van der Waals surface area contributed by atoms with Crippen LogP contribution in [0.25, 0.3) is 0 Å². The minimum atomic E-state index is -3.48. The first kappa shape index (κ1) is 15.2. The van der Waals surface area contributed by atoms with Crippen LogP contribution in [0.1, 0.15) is 49.4 Å². The zero-order valence-electron chi connectivity index (χ0n) is 11.8. The van der Waals surface area contributed by atoms with Crippen molar-refractivity contribution in [1.82, 2.24) is 4.31 Å². The summed E-state index contributed by atoms with van der Waals surface area (Å²) >= 11 is 0. The Morgan fingerprint density at radius 1 is 1.05 bits per heavy atom. The van der Waals surface area contributed by atoms with E-state index in [9.17, 15) is 13.2 Å². The zero-order chi connectivity index (χ0) is 14.6. The molecule has 0 bridgehead atoms. The maximum Gasteiger partial charge on any atom is 0.243 e. The second kappa shape index (κ2) is 6.50. The van der Waals surface area contributed by atoms with Crippen molar-refractivity contribution in [2.24, 2.45) is 0 Å². The van der Waals surface area contributed by atoms with E-state index in [0.717, 1.165) is 25.7 Å². The molecular weight excluding hydrogens is 274 g/mol. The molecule has 0 amide bonds. The molecule has 1 aromatic rings. The number of Topliss-reactive ketones (excluding diaryl/α,β-unsaturated/α-hetero) is 1. The normalized spacial score (nSPS) is 18.2. The summed E-state index contributed by atoms with van der Waals surface area (Å²) in [6, 6.07) is 6.33.